The molecule has 1 spiro atoms. The van der Waals surface area contributed by atoms with E-state index in [-0.39, 0.29) is 42.2 Å². The highest BCUT2D eigenvalue weighted by molar-refractivity contribution is 5.89. The van der Waals surface area contributed by atoms with Crippen molar-refractivity contribution in [3.8, 4) is 0 Å². The number of carbonyl (C=O) groups is 2. The minimum absolute atomic E-state index is 0.109. The van der Waals surface area contributed by atoms with Crippen LogP contribution in [0.5, 0.6) is 0 Å². The monoisotopic (exact) mass is 840 g/mol. The molecule has 1 aliphatic heterocycles. The zero-order chi connectivity index (χ0) is 42.7. The highest BCUT2D eigenvalue weighted by Gasteiger charge is 2.91. The number of aliphatic hydroxyl groups is 2. The number of benzene rings is 1. The molecule has 6 unspecified atom stereocenters. The average molecular weight is 840 g/mol. The van der Waals surface area contributed by atoms with E-state index < -0.39 is 64.8 Å². The van der Waals surface area contributed by atoms with E-state index >= 15 is 0 Å². The molecule has 2 N–H and O–H groups in total. The lowest BCUT2D eigenvalue weighted by Crippen LogP contribution is -2.80. The van der Waals surface area contributed by atoms with Crippen LogP contribution in [0.15, 0.2) is 30.3 Å². The zero-order valence-corrected chi connectivity index (χ0v) is 37.6. The summed E-state index contributed by atoms with van der Waals surface area (Å²) >= 11 is 0. The van der Waals surface area contributed by atoms with Gasteiger partial charge >= 0.3 is 11.9 Å². The predicted octanol–water partition coefficient (Wildman–Crippen LogP) is 7.53. The Labute approximate surface area is 359 Å². The molecule has 6 fully saturated rings. The van der Waals surface area contributed by atoms with Crippen LogP contribution in [0.3, 0.4) is 0 Å². The van der Waals surface area contributed by atoms with Crippen molar-refractivity contribution in [1.82, 2.24) is 4.90 Å². The van der Waals surface area contributed by atoms with E-state index in [1.54, 1.807) is 45.6 Å². The van der Waals surface area contributed by atoms with Crippen molar-refractivity contribution < 1.29 is 48.2 Å². The molecule has 0 amide bonds. The molecule has 7 rings (SSSR count). The number of piperidine rings is 1. The molecule has 14 atom stereocenters. The van der Waals surface area contributed by atoms with Crippen LogP contribution in [0, 0.1) is 34.5 Å². The number of ether oxygens (including phenoxy) is 6. The molecular formula is C49H77NO10. The topological polar surface area (TPSA) is 133 Å². The number of fused-ring (bicyclic) bond motifs is 2. The molecule has 1 heterocycles. The molecule has 1 saturated heterocycles. The van der Waals surface area contributed by atoms with E-state index in [0.29, 0.717) is 18.6 Å². The summed E-state index contributed by atoms with van der Waals surface area (Å²) in [6.07, 6.45) is 16.0. The van der Waals surface area contributed by atoms with E-state index in [1.807, 2.05) is 6.07 Å². The molecule has 338 valence electrons. The third kappa shape index (κ3) is 7.49. The molecule has 0 radical (unpaired) electrons. The highest BCUT2D eigenvalue weighted by Crippen LogP contribution is 2.80. The van der Waals surface area contributed by atoms with Gasteiger partial charge in [0.2, 0.25) is 0 Å². The smallest absolute Gasteiger partial charge is 0.338 e. The number of methoxy groups -OCH3 is 4. The molecule has 60 heavy (non-hydrogen) atoms. The second-order valence-corrected chi connectivity index (χ2v) is 19.8. The van der Waals surface area contributed by atoms with Crippen LogP contribution < -0.4 is 0 Å². The van der Waals surface area contributed by atoms with E-state index in [1.165, 1.54) is 77.7 Å². The first-order valence-electron chi connectivity index (χ1n) is 23.7. The maximum Gasteiger partial charge on any atom is 0.338 e. The van der Waals surface area contributed by atoms with Gasteiger partial charge in [-0.05, 0) is 50.8 Å². The second kappa shape index (κ2) is 19.3. The number of aliphatic hydroxyl groups excluding tert-OH is 1. The third-order valence-corrected chi connectivity index (χ3v) is 16.7. The van der Waals surface area contributed by atoms with Crippen molar-refractivity contribution in [2.45, 2.75) is 177 Å². The number of rotatable bonds is 24. The molecule has 1 aromatic carbocycles. The fraction of sp³-hybridized carbons (Fsp3) is 0.837. The largest absolute Gasteiger partial charge is 0.455 e. The summed E-state index contributed by atoms with van der Waals surface area (Å²) < 4.78 is 38.8. The lowest BCUT2D eigenvalue weighted by Gasteiger charge is -2.69. The van der Waals surface area contributed by atoms with E-state index in [9.17, 15) is 19.8 Å². The van der Waals surface area contributed by atoms with Gasteiger partial charge in [-0.25, -0.2) is 4.79 Å². The fourth-order valence-corrected chi connectivity index (χ4v) is 14.9. The van der Waals surface area contributed by atoms with Gasteiger partial charge in [0.05, 0.1) is 24.4 Å². The van der Waals surface area contributed by atoms with Crippen LogP contribution >= 0.6 is 0 Å². The number of esters is 2. The predicted molar refractivity (Wildman–Crippen MR) is 228 cm³/mol. The van der Waals surface area contributed by atoms with Gasteiger partial charge in [0.25, 0.3) is 0 Å². The first-order chi connectivity index (χ1) is 29.1. The van der Waals surface area contributed by atoms with Crippen LogP contribution in [0.4, 0.5) is 0 Å². The normalized spacial score (nSPS) is 39.8. The lowest BCUT2D eigenvalue weighted by molar-refractivity contribution is -0.317. The number of hydrogen-bond acceptors (Lipinski definition) is 11. The Morgan fingerprint density at radius 2 is 1.42 bits per heavy atom. The number of carbonyl (C=O) groups excluding carboxylic acids is 2. The minimum atomic E-state index is -1.77. The van der Waals surface area contributed by atoms with Crippen molar-refractivity contribution in [3.63, 3.8) is 0 Å². The Morgan fingerprint density at radius 1 is 0.800 bits per heavy atom. The van der Waals surface area contributed by atoms with Gasteiger partial charge in [-0.2, -0.15) is 0 Å². The van der Waals surface area contributed by atoms with Crippen molar-refractivity contribution >= 4 is 11.9 Å². The summed E-state index contributed by atoms with van der Waals surface area (Å²) in [4.78, 5) is 30.9. The van der Waals surface area contributed by atoms with Crippen molar-refractivity contribution in [2.75, 3.05) is 48.6 Å². The Kier molecular flexibility index (Phi) is 14.8. The van der Waals surface area contributed by atoms with Crippen molar-refractivity contribution in [1.29, 1.82) is 0 Å². The van der Waals surface area contributed by atoms with E-state index in [2.05, 4.69) is 18.9 Å². The Balaban J connectivity index is 1.14. The van der Waals surface area contributed by atoms with Gasteiger partial charge in [-0.15, -0.1) is 0 Å². The summed E-state index contributed by atoms with van der Waals surface area (Å²) in [5.41, 5.74) is -3.96. The first kappa shape index (κ1) is 45.9. The van der Waals surface area contributed by atoms with Crippen LogP contribution in [0.25, 0.3) is 0 Å². The summed E-state index contributed by atoms with van der Waals surface area (Å²) in [5, 5.41) is 26.0. The summed E-state index contributed by atoms with van der Waals surface area (Å²) in [6.45, 7) is 3.51. The summed E-state index contributed by atoms with van der Waals surface area (Å²) in [6, 6.07) is 8.54. The fourth-order valence-electron chi connectivity index (χ4n) is 14.9. The molecule has 6 aliphatic rings. The second-order valence-electron chi connectivity index (χ2n) is 19.8. The molecule has 1 aromatic rings. The number of hydrogen-bond donors (Lipinski definition) is 2. The number of likely N-dealkylation sites (tertiary alicyclic amines) is 1. The molecular weight excluding hydrogens is 763 g/mol. The SMILES string of the molecule is CCCCCCCCCCCCCCCCCC(=O)O[C@@]12C3C4N(C)C[C@@]5(COC)CC[C@H](OC)[C@@]4(C4C[C@@](O)([C@H](OC(=O)c6ccccc6)C41)[C@@H](OC)C2O)C5[C@H]3OC. The lowest BCUT2D eigenvalue weighted by atomic mass is 9.43. The standard InChI is InChI=1S/C49H77NO10/c1-7-8-9-10-11-12-13-14-15-16-17-18-19-20-24-27-36(51)60-49-37-34(30-47(54,44(58-6)42(49)52)43(37)59-45(53)33-25-22-21-23-26-33)48-35(56-4)28-29-46(32-55-3)31-50(2)41(48)38(49)39(57-5)40(46)48/h21-23,25-26,34-35,37-44,52,54H,7-20,24,27-32H2,1-6H3/t34?,35-,37?,38?,39-,40?,41?,42?,43+,44-,46+,47+,48-,49+/m0/s1. The van der Waals surface area contributed by atoms with Crippen LogP contribution in [-0.2, 0) is 33.2 Å². The van der Waals surface area contributed by atoms with Crippen molar-refractivity contribution in [2.24, 2.45) is 34.5 Å². The maximum atomic E-state index is 14.5. The van der Waals surface area contributed by atoms with Gasteiger partial charge < -0.3 is 43.5 Å². The maximum absolute atomic E-state index is 14.5. The Hall–Kier alpha value is -2.12. The molecule has 11 heteroatoms. The molecule has 5 aliphatic carbocycles. The zero-order valence-electron chi connectivity index (χ0n) is 37.6. The Morgan fingerprint density at radius 3 is 1.98 bits per heavy atom. The van der Waals surface area contributed by atoms with Gasteiger partial charge in [0.1, 0.15) is 23.9 Å². The van der Waals surface area contributed by atoms with Gasteiger partial charge in [0.15, 0.2) is 5.60 Å². The van der Waals surface area contributed by atoms with Gasteiger partial charge in [0, 0.05) is 76.0 Å². The highest BCUT2D eigenvalue weighted by atomic mass is 16.6. The summed E-state index contributed by atoms with van der Waals surface area (Å²) in [5.74, 6) is -2.78. The number of nitrogens with zero attached hydrogens (tertiary/aromatic N) is 1. The molecule has 5 saturated carbocycles. The van der Waals surface area contributed by atoms with E-state index in [0.717, 1.165) is 38.6 Å². The first-order valence-corrected chi connectivity index (χ1v) is 23.7. The number of unbranched alkanes of at least 4 members (excludes halogenated alkanes) is 14. The molecule has 0 aromatic heterocycles. The quantitative estimate of drug-likeness (QED) is 0.0791. The minimum Gasteiger partial charge on any atom is -0.455 e. The Bertz CT molecular complexity index is 1580. The van der Waals surface area contributed by atoms with Crippen LogP contribution in [-0.4, -0.2) is 123 Å². The molecule has 11 nitrogen and oxygen atoms in total. The summed E-state index contributed by atoms with van der Waals surface area (Å²) in [7, 11) is 8.82. The third-order valence-electron chi connectivity index (χ3n) is 16.7. The van der Waals surface area contributed by atoms with E-state index in [4.69, 9.17) is 28.4 Å². The van der Waals surface area contributed by atoms with Gasteiger partial charge in [-0.1, -0.05) is 115 Å². The molecule has 7 bridgehead atoms. The average Bonchev–Trinajstić information content (AvgIpc) is 3.64. The van der Waals surface area contributed by atoms with Gasteiger partial charge in [-0.3, -0.25) is 4.79 Å². The van der Waals surface area contributed by atoms with Crippen LogP contribution in [0.2, 0.25) is 0 Å². The van der Waals surface area contributed by atoms with Crippen molar-refractivity contribution in [3.05, 3.63) is 35.9 Å². The van der Waals surface area contributed by atoms with Crippen LogP contribution in [0.1, 0.15) is 139 Å².